The molecule has 2 aromatic heterocycles. The zero-order valence-corrected chi connectivity index (χ0v) is 19.1. The standard InChI is InChI=1S/C24H21ClF3N3S/c1-15-13-19(16(2)31(15)12-11-17-7-9-18(25)10-8-17)22-14-32-23(30-22)29-21-6-4-3-5-20(21)24(26,27)28/h3-10,13-14H,11-12H2,1-2H3,(H,29,30). The van der Waals surface area contributed by atoms with Gasteiger partial charge in [-0.25, -0.2) is 4.98 Å². The van der Waals surface area contributed by atoms with Crippen molar-refractivity contribution >= 4 is 33.8 Å². The Hall–Kier alpha value is -2.77. The minimum Gasteiger partial charge on any atom is -0.348 e. The third-order valence-electron chi connectivity index (χ3n) is 5.37. The first-order valence-electron chi connectivity index (χ1n) is 10.0. The van der Waals surface area contributed by atoms with Crippen LogP contribution in [0.15, 0.2) is 60.0 Å². The second-order valence-electron chi connectivity index (χ2n) is 7.52. The molecule has 0 saturated heterocycles. The third kappa shape index (κ3) is 4.84. The van der Waals surface area contributed by atoms with E-state index < -0.39 is 11.7 Å². The Morgan fingerprint density at radius 1 is 1.06 bits per heavy atom. The van der Waals surface area contributed by atoms with Gasteiger partial charge in [0.25, 0.3) is 0 Å². The van der Waals surface area contributed by atoms with E-state index >= 15 is 0 Å². The number of alkyl halides is 3. The molecule has 166 valence electrons. The number of benzene rings is 2. The smallest absolute Gasteiger partial charge is 0.348 e. The summed E-state index contributed by atoms with van der Waals surface area (Å²) in [4.78, 5) is 4.55. The van der Waals surface area contributed by atoms with Gasteiger partial charge >= 0.3 is 6.18 Å². The van der Waals surface area contributed by atoms with Crippen LogP contribution in [-0.4, -0.2) is 9.55 Å². The lowest BCUT2D eigenvalue weighted by atomic mass is 10.1. The highest BCUT2D eigenvalue weighted by Gasteiger charge is 2.33. The Balaban J connectivity index is 1.54. The predicted molar refractivity (Wildman–Crippen MR) is 125 cm³/mol. The maximum atomic E-state index is 13.3. The molecule has 32 heavy (non-hydrogen) atoms. The van der Waals surface area contributed by atoms with Gasteiger partial charge in [0.15, 0.2) is 5.13 Å². The Kier molecular flexibility index (Phi) is 6.31. The number of nitrogens with zero attached hydrogens (tertiary/aromatic N) is 2. The van der Waals surface area contributed by atoms with E-state index in [0.717, 1.165) is 46.7 Å². The molecule has 0 amide bonds. The molecule has 0 aliphatic heterocycles. The summed E-state index contributed by atoms with van der Waals surface area (Å²) in [6, 6.07) is 15.3. The normalized spacial score (nSPS) is 11.7. The molecule has 0 atom stereocenters. The molecular formula is C24H21ClF3N3S. The summed E-state index contributed by atoms with van der Waals surface area (Å²) in [7, 11) is 0. The molecule has 0 radical (unpaired) electrons. The van der Waals surface area contributed by atoms with Crippen LogP contribution in [0.1, 0.15) is 22.5 Å². The minimum absolute atomic E-state index is 0.00524. The fourth-order valence-corrected chi connectivity index (χ4v) is 4.55. The van der Waals surface area contributed by atoms with Crippen molar-refractivity contribution in [1.82, 2.24) is 9.55 Å². The highest BCUT2D eigenvalue weighted by molar-refractivity contribution is 7.14. The molecule has 0 unspecified atom stereocenters. The number of aryl methyl sites for hydroxylation is 2. The van der Waals surface area contributed by atoms with Crippen molar-refractivity contribution in [1.29, 1.82) is 0 Å². The van der Waals surface area contributed by atoms with Crippen LogP contribution in [0.2, 0.25) is 5.02 Å². The summed E-state index contributed by atoms with van der Waals surface area (Å²) in [5, 5.41) is 5.83. The van der Waals surface area contributed by atoms with Crippen molar-refractivity contribution in [2.45, 2.75) is 33.0 Å². The Morgan fingerprint density at radius 2 is 1.78 bits per heavy atom. The zero-order valence-electron chi connectivity index (χ0n) is 17.5. The van der Waals surface area contributed by atoms with Gasteiger partial charge in [-0.3, -0.25) is 0 Å². The van der Waals surface area contributed by atoms with E-state index in [4.69, 9.17) is 11.6 Å². The molecule has 4 aromatic rings. The van der Waals surface area contributed by atoms with Gasteiger partial charge in [-0.1, -0.05) is 35.9 Å². The Morgan fingerprint density at radius 3 is 2.50 bits per heavy atom. The van der Waals surface area contributed by atoms with Gasteiger partial charge in [0.2, 0.25) is 0 Å². The van der Waals surface area contributed by atoms with Gasteiger partial charge in [0.05, 0.1) is 16.9 Å². The number of thiazole rings is 1. The molecule has 8 heteroatoms. The summed E-state index contributed by atoms with van der Waals surface area (Å²) in [5.74, 6) is 0. The largest absolute Gasteiger partial charge is 0.418 e. The van der Waals surface area contributed by atoms with E-state index in [1.165, 1.54) is 29.0 Å². The predicted octanol–water partition coefficient (Wildman–Crippen LogP) is 7.89. The van der Waals surface area contributed by atoms with Crippen molar-refractivity contribution in [3.8, 4) is 11.3 Å². The van der Waals surface area contributed by atoms with E-state index in [-0.39, 0.29) is 5.69 Å². The molecular weight excluding hydrogens is 455 g/mol. The maximum Gasteiger partial charge on any atom is 0.418 e. The number of para-hydroxylation sites is 1. The van der Waals surface area contributed by atoms with Gasteiger partial charge in [-0.2, -0.15) is 13.2 Å². The third-order valence-corrected chi connectivity index (χ3v) is 6.37. The van der Waals surface area contributed by atoms with Crippen LogP contribution in [0.25, 0.3) is 11.3 Å². The summed E-state index contributed by atoms with van der Waals surface area (Å²) in [6.45, 7) is 4.90. The van der Waals surface area contributed by atoms with E-state index in [2.05, 4.69) is 20.9 Å². The fraction of sp³-hybridized carbons (Fsp3) is 0.208. The first-order valence-corrected chi connectivity index (χ1v) is 11.3. The number of hydrogen-bond acceptors (Lipinski definition) is 3. The molecule has 1 N–H and O–H groups in total. The Labute approximate surface area is 193 Å². The summed E-state index contributed by atoms with van der Waals surface area (Å²) < 4.78 is 42.0. The van der Waals surface area contributed by atoms with Crippen LogP contribution >= 0.6 is 22.9 Å². The van der Waals surface area contributed by atoms with Gasteiger partial charge in [0.1, 0.15) is 0 Å². The fourth-order valence-electron chi connectivity index (χ4n) is 3.71. The summed E-state index contributed by atoms with van der Waals surface area (Å²) in [5.41, 5.74) is 4.39. The highest BCUT2D eigenvalue weighted by Crippen LogP contribution is 2.37. The molecule has 0 aliphatic carbocycles. The van der Waals surface area contributed by atoms with Crippen molar-refractivity contribution in [2.75, 3.05) is 5.32 Å². The van der Waals surface area contributed by atoms with Gasteiger partial charge in [0, 0.05) is 33.9 Å². The average molecular weight is 476 g/mol. The lowest BCUT2D eigenvalue weighted by Gasteiger charge is -2.12. The molecule has 2 aromatic carbocycles. The average Bonchev–Trinajstić information content (AvgIpc) is 3.31. The number of aromatic nitrogens is 2. The zero-order chi connectivity index (χ0) is 22.9. The van der Waals surface area contributed by atoms with Crippen molar-refractivity contribution in [3.63, 3.8) is 0 Å². The molecule has 0 spiro atoms. The van der Waals surface area contributed by atoms with Crippen LogP contribution in [0, 0.1) is 13.8 Å². The maximum absolute atomic E-state index is 13.3. The summed E-state index contributed by atoms with van der Waals surface area (Å²) >= 11 is 7.24. The van der Waals surface area contributed by atoms with Crippen LogP contribution in [-0.2, 0) is 19.1 Å². The van der Waals surface area contributed by atoms with E-state index in [1.54, 1.807) is 6.07 Å². The monoisotopic (exact) mass is 475 g/mol. The second-order valence-corrected chi connectivity index (χ2v) is 8.81. The first kappa shape index (κ1) is 22.4. The lowest BCUT2D eigenvalue weighted by Crippen LogP contribution is -2.08. The molecule has 0 saturated carbocycles. The number of halogens is 4. The number of anilines is 2. The van der Waals surface area contributed by atoms with Crippen LogP contribution < -0.4 is 5.32 Å². The van der Waals surface area contributed by atoms with Gasteiger partial charge in [-0.15, -0.1) is 11.3 Å². The number of nitrogens with one attached hydrogen (secondary N) is 1. The molecule has 2 heterocycles. The van der Waals surface area contributed by atoms with Crippen LogP contribution in [0.3, 0.4) is 0 Å². The molecule has 0 fully saturated rings. The lowest BCUT2D eigenvalue weighted by molar-refractivity contribution is -0.136. The number of hydrogen-bond donors (Lipinski definition) is 1. The Bertz CT molecular complexity index is 1230. The molecule has 0 aliphatic rings. The molecule has 4 rings (SSSR count). The van der Waals surface area contributed by atoms with E-state index in [0.29, 0.717) is 5.13 Å². The SMILES string of the molecule is Cc1cc(-c2csc(Nc3ccccc3C(F)(F)F)n2)c(C)n1CCc1ccc(Cl)cc1. The first-order chi connectivity index (χ1) is 15.2. The van der Waals surface area contributed by atoms with Crippen molar-refractivity contribution in [2.24, 2.45) is 0 Å². The van der Waals surface area contributed by atoms with Crippen molar-refractivity contribution in [3.05, 3.63) is 87.5 Å². The quantitative estimate of drug-likeness (QED) is 0.307. The topological polar surface area (TPSA) is 29.9 Å². The minimum atomic E-state index is -4.43. The van der Waals surface area contributed by atoms with E-state index in [9.17, 15) is 13.2 Å². The highest BCUT2D eigenvalue weighted by atomic mass is 35.5. The van der Waals surface area contributed by atoms with Crippen molar-refractivity contribution < 1.29 is 13.2 Å². The van der Waals surface area contributed by atoms with Crippen LogP contribution in [0.5, 0.6) is 0 Å². The second kappa shape index (κ2) is 9.00. The summed E-state index contributed by atoms with van der Waals surface area (Å²) in [6.07, 6.45) is -3.57. The molecule has 3 nitrogen and oxygen atoms in total. The number of rotatable bonds is 6. The van der Waals surface area contributed by atoms with Gasteiger partial charge in [-0.05, 0) is 56.2 Å². The van der Waals surface area contributed by atoms with E-state index in [1.807, 2.05) is 43.5 Å². The van der Waals surface area contributed by atoms with Crippen LogP contribution in [0.4, 0.5) is 24.0 Å². The molecule has 0 bridgehead atoms. The van der Waals surface area contributed by atoms with Gasteiger partial charge < -0.3 is 9.88 Å².